The van der Waals surface area contributed by atoms with E-state index in [0.29, 0.717) is 0 Å². The predicted octanol–water partition coefficient (Wildman–Crippen LogP) is 4.61. The fraction of sp³-hybridized carbons (Fsp3) is 0.486. The molecule has 0 saturated heterocycles. The second-order valence-corrected chi connectivity index (χ2v) is 13.4. The van der Waals surface area contributed by atoms with Gasteiger partial charge in [-0.3, -0.25) is 14.4 Å². The van der Waals surface area contributed by atoms with Gasteiger partial charge in [0.25, 0.3) is 11.7 Å². The summed E-state index contributed by atoms with van der Waals surface area (Å²) in [5.41, 5.74) is -0.105. The van der Waals surface area contributed by atoms with Gasteiger partial charge in [-0.25, -0.2) is 0 Å². The number of Topliss-reactive ketones (excluding diaryl/α,β-unsaturated/α-hetero) is 1. The zero-order chi connectivity index (χ0) is 37.4. The number of carbonyl (C=O) groups excluding carboxylic acids is 3. The number of esters is 1. The van der Waals surface area contributed by atoms with Crippen LogP contribution in [-0.2, 0) is 23.8 Å². The molecule has 2 aromatic rings. The van der Waals surface area contributed by atoms with Crippen molar-refractivity contribution in [3.8, 4) is 23.0 Å². The number of amides is 1. The summed E-state index contributed by atoms with van der Waals surface area (Å²) < 4.78 is 22.6. The molecule has 0 aliphatic carbocycles. The van der Waals surface area contributed by atoms with Gasteiger partial charge in [0.05, 0.1) is 54.2 Å². The average molecular weight is 698 g/mol. The van der Waals surface area contributed by atoms with Gasteiger partial charge in [-0.05, 0) is 31.8 Å². The van der Waals surface area contributed by atoms with E-state index in [9.17, 15) is 39.9 Å². The van der Waals surface area contributed by atoms with E-state index in [-0.39, 0.29) is 38.9 Å². The van der Waals surface area contributed by atoms with Crippen molar-refractivity contribution in [1.29, 1.82) is 0 Å². The maximum atomic E-state index is 13.9. The number of ketones is 1. The molecule has 0 radical (unpaired) electrons. The maximum absolute atomic E-state index is 13.9. The summed E-state index contributed by atoms with van der Waals surface area (Å²) >= 11 is 0. The molecule has 3 aliphatic heterocycles. The highest BCUT2D eigenvalue weighted by Gasteiger charge is 2.49. The molecule has 0 unspecified atom stereocenters. The van der Waals surface area contributed by atoms with Crippen LogP contribution >= 0.6 is 0 Å². The van der Waals surface area contributed by atoms with Crippen molar-refractivity contribution in [2.75, 3.05) is 19.5 Å². The monoisotopic (exact) mass is 697 g/mol. The van der Waals surface area contributed by atoms with E-state index in [0.717, 1.165) is 6.07 Å². The Hall–Kier alpha value is -4.59. The summed E-state index contributed by atoms with van der Waals surface area (Å²) in [7, 11) is 2.66. The molecule has 2 aromatic carbocycles. The number of hydrogen-bond donors (Lipinski definition) is 6. The van der Waals surface area contributed by atoms with E-state index in [1.165, 1.54) is 53.4 Å². The molecular weight excluding hydrogens is 650 g/mol. The molecule has 1 amide bonds. The quantitative estimate of drug-likeness (QED) is 0.145. The number of aliphatic hydroxyl groups is 2. The topological polar surface area (TPSA) is 201 Å². The van der Waals surface area contributed by atoms with E-state index in [1.54, 1.807) is 39.8 Å². The molecular formula is C37H47NO12. The van der Waals surface area contributed by atoms with E-state index >= 15 is 0 Å². The van der Waals surface area contributed by atoms with Crippen LogP contribution in [0.2, 0.25) is 0 Å². The van der Waals surface area contributed by atoms with Crippen LogP contribution in [-0.4, -0.2) is 81.5 Å². The number of aromatic hydroxyl groups is 3. The van der Waals surface area contributed by atoms with Crippen molar-refractivity contribution in [3.05, 3.63) is 53.3 Å². The number of ether oxygens (including phenoxy) is 4. The number of phenols is 3. The number of anilines is 1. The number of carbonyl (C=O) groups is 3. The van der Waals surface area contributed by atoms with Crippen molar-refractivity contribution >= 4 is 34.1 Å². The van der Waals surface area contributed by atoms with E-state index in [4.69, 9.17) is 18.9 Å². The fourth-order valence-corrected chi connectivity index (χ4v) is 6.84. The van der Waals surface area contributed by atoms with Crippen LogP contribution in [0.1, 0.15) is 57.5 Å². The molecule has 0 fully saturated rings. The van der Waals surface area contributed by atoms with Crippen LogP contribution in [0.4, 0.5) is 5.69 Å². The second kappa shape index (κ2) is 14.7. The van der Waals surface area contributed by atoms with Crippen LogP contribution in [0, 0.1) is 36.5 Å². The van der Waals surface area contributed by atoms with Gasteiger partial charge in [0.1, 0.15) is 17.2 Å². The highest BCUT2D eigenvalue weighted by Crippen LogP contribution is 2.53. The summed E-state index contributed by atoms with van der Waals surface area (Å²) in [5.74, 6) is -9.04. The summed E-state index contributed by atoms with van der Waals surface area (Å²) in [4.78, 5) is 40.2. The number of nitrogens with one attached hydrogen (secondary N) is 1. The third-order valence-electron chi connectivity index (χ3n) is 10.1. The van der Waals surface area contributed by atoms with E-state index in [1.807, 2.05) is 0 Å². The zero-order valence-corrected chi connectivity index (χ0v) is 29.7. The Kier molecular flexibility index (Phi) is 11.2. The Morgan fingerprint density at radius 1 is 0.920 bits per heavy atom. The Labute approximate surface area is 290 Å². The molecule has 0 spiro atoms. The number of allylic oxidation sites excluding steroid dienone is 2. The normalized spacial score (nSPS) is 33.2. The lowest BCUT2D eigenvalue weighted by molar-refractivity contribution is -0.155. The maximum Gasteiger partial charge on any atom is 0.312 e. The molecule has 13 heteroatoms. The van der Waals surface area contributed by atoms with Crippen molar-refractivity contribution in [1.82, 2.24) is 0 Å². The van der Waals surface area contributed by atoms with E-state index < -0.39 is 88.6 Å². The van der Waals surface area contributed by atoms with Gasteiger partial charge in [0.15, 0.2) is 5.75 Å². The standard InChI is InChI=1S/C37H47NO12/c1-16-11-10-12-17(2)35(45)38-22-15-23(39)26-27(32(22)43)31(42)21(6)33-28(26)34(44)37(7,50-33)49-14-13-24(47-8)18(3)25(36(46)48-9)19(4)30(41)20(5)29(16)40/h10-16,18-20,24-25,29-30,39-43H,1-9H3,(H,38,45)/b11-10-,14-13-,17-12-/t16-,18+,19-,20+,24-,25+,29-,30-,37-/m0/s1. The SMILES string of the molecule is COC(=O)[C@H]1[C@H](C)[C@H](O)[C@H](C)[C@@H](O)[C@@H](C)/C=C\C=C(\C)C(=O)Nc2cc(O)c3c4c(c(C)c(O)c3c2O)O[C@](C)(O/C=C\[C@H](OC)[C@H]1C)C4=O. The molecule has 5 bridgehead atoms. The molecule has 5 rings (SSSR count). The number of phenolic OH excluding ortho intramolecular Hbond substituents is 3. The molecule has 9 atom stereocenters. The Bertz CT molecular complexity index is 1760. The highest BCUT2D eigenvalue weighted by molar-refractivity contribution is 6.21. The summed E-state index contributed by atoms with van der Waals surface area (Å²) in [5, 5.41) is 58.2. The Morgan fingerprint density at radius 2 is 1.58 bits per heavy atom. The fourth-order valence-electron chi connectivity index (χ4n) is 6.84. The van der Waals surface area contributed by atoms with Crippen LogP contribution in [0.15, 0.2) is 42.2 Å². The summed E-state index contributed by atoms with van der Waals surface area (Å²) in [6, 6.07) is 1.06. The largest absolute Gasteiger partial charge is 0.507 e. The lowest BCUT2D eigenvalue weighted by Gasteiger charge is -2.37. The molecule has 3 heterocycles. The van der Waals surface area contributed by atoms with Crippen LogP contribution in [0.5, 0.6) is 23.0 Å². The minimum absolute atomic E-state index is 0.0736. The minimum atomic E-state index is -1.99. The number of hydrogen-bond acceptors (Lipinski definition) is 12. The molecule has 272 valence electrons. The molecule has 0 aromatic heterocycles. The first-order chi connectivity index (χ1) is 23.4. The highest BCUT2D eigenvalue weighted by atomic mass is 16.7. The third-order valence-corrected chi connectivity index (χ3v) is 10.1. The predicted molar refractivity (Wildman–Crippen MR) is 184 cm³/mol. The van der Waals surface area contributed by atoms with Crippen LogP contribution in [0.3, 0.4) is 0 Å². The smallest absolute Gasteiger partial charge is 0.312 e. The van der Waals surface area contributed by atoms with Crippen molar-refractivity contribution < 1.29 is 58.9 Å². The number of methoxy groups -OCH3 is 2. The van der Waals surface area contributed by atoms with Crippen LogP contribution in [0.25, 0.3) is 10.8 Å². The first kappa shape index (κ1) is 38.2. The number of rotatable bonds is 2. The number of aliphatic hydroxyl groups excluding tert-OH is 2. The van der Waals surface area contributed by atoms with E-state index in [2.05, 4.69) is 5.32 Å². The molecule has 13 nitrogen and oxygen atoms in total. The van der Waals surface area contributed by atoms with Crippen molar-refractivity contribution in [3.63, 3.8) is 0 Å². The third kappa shape index (κ3) is 6.77. The van der Waals surface area contributed by atoms with Gasteiger partial charge in [0.2, 0.25) is 0 Å². The van der Waals surface area contributed by atoms with Gasteiger partial charge in [-0.15, -0.1) is 0 Å². The first-order valence-electron chi connectivity index (χ1n) is 16.4. The van der Waals surface area contributed by atoms with Gasteiger partial charge < -0.3 is 49.8 Å². The number of fused-ring (bicyclic) bond motifs is 14. The van der Waals surface area contributed by atoms with Gasteiger partial charge in [-0.1, -0.05) is 45.9 Å². The van der Waals surface area contributed by atoms with Gasteiger partial charge >= 0.3 is 11.8 Å². The first-order valence-corrected chi connectivity index (χ1v) is 16.4. The molecule has 6 N–H and O–H groups in total. The van der Waals surface area contributed by atoms with Crippen molar-refractivity contribution in [2.45, 2.75) is 72.6 Å². The molecule has 50 heavy (non-hydrogen) atoms. The molecule has 3 aliphatic rings. The van der Waals surface area contributed by atoms with Gasteiger partial charge in [-0.2, -0.15) is 0 Å². The average Bonchev–Trinajstić information content (AvgIpc) is 3.34. The van der Waals surface area contributed by atoms with Gasteiger partial charge in [0, 0.05) is 48.5 Å². The zero-order valence-electron chi connectivity index (χ0n) is 29.7. The van der Waals surface area contributed by atoms with Crippen LogP contribution < -0.4 is 10.1 Å². The number of benzene rings is 2. The summed E-state index contributed by atoms with van der Waals surface area (Å²) in [6.45, 7) is 11.2. The lowest BCUT2D eigenvalue weighted by Crippen LogP contribution is -2.45. The minimum Gasteiger partial charge on any atom is -0.507 e. The van der Waals surface area contributed by atoms with Crippen molar-refractivity contribution in [2.24, 2.45) is 29.6 Å². The lowest BCUT2D eigenvalue weighted by atomic mass is 9.73. The summed E-state index contributed by atoms with van der Waals surface area (Å²) in [6.07, 6.45) is 4.39. The Morgan fingerprint density at radius 3 is 2.20 bits per heavy atom. The molecule has 0 saturated carbocycles. The second-order valence-electron chi connectivity index (χ2n) is 13.4. The Balaban J connectivity index is 1.88.